The summed E-state index contributed by atoms with van der Waals surface area (Å²) in [6.07, 6.45) is 2.41. The third-order valence-corrected chi connectivity index (χ3v) is 3.68. The predicted octanol–water partition coefficient (Wildman–Crippen LogP) is 3.72. The number of hydrogen-bond donors (Lipinski definition) is 1. The molecule has 2 N–H and O–H groups in total. The molecule has 0 spiro atoms. The molecule has 0 aliphatic heterocycles. The summed E-state index contributed by atoms with van der Waals surface area (Å²) < 4.78 is 0. The fourth-order valence-electron chi connectivity index (χ4n) is 2.77. The molecule has 2 unspecified atom stereocenters. The molecule has 0 saturated carbocycles. The molecule has 2 atom stereocenters. The number of aryl methyl sites for hydroxylation is 1. The van der Waals surface area contributed by atoms with Crippen LogP contribution in [0.25, 0.3) is 0 Å². The molecule has 0 aromatic heterocycles. The van der Waals surface area contributed by atoms with Crippen molar-refractivity contribution >= 4 is 12.4 Å². The van der Waals surface area contributed by atoms with Crippen LogP contribution in [-0.4, -0.2) is 0 Å². The summed E-state index contributed by atoms with van der Waals surface area (Å²) in [5.41, 5.74) is 9.50. The van der Waals surface area contributed by atoms with Crippen molar-refractivity contribution in [3.05, 3.63) is 35.4 Å². The van der Waals surface area contributed by atoms with Crippen LogP contribution in [0.5, 0.6) is 0 Å². The second-order valence-corrected chi connectivity index (χ2v) is 5.74. The van der Waals surface area contributed by atoms with E-state index in [0.717, 1.165) is 0 Å². The Kier molecular flexibility index (Phi) is 4.03. The zero-order chi connectivity index (χ0) is 11.1. The smallest absolute Gasteiger partial charge is 0.0331 e. The lowest BCUT2D eigenvalue weighted by atomic mass is 9.68. The molecule has 0 saturated heterocycles. The fraction of sp³-hybridized carbons (Fsp3) is 0.571. The van der Waals surface area contributed by atoms with Crippen molar-refractivity contribution in [3.63, 3.8) is 0 Å². The molecule has 2 rings (SSSR count). The molecule has 0 heterocycles. The normalized spacial score (nSPS) is 24.5. The van der Waals surface area contributed by atoms with Gasteiger partial charge in [-0.05, 0) is 35.3 Å². The predicted molar refractivity (Wildman–Crippen MR) is 71.9 cm³/mol. The van der Waals surface area contributed by atoms with Gasteiger partial charge in [0.15, 0.2) is 0 Å². The lowest BCUT2D eigenvalue weighted by molar-refractivity contribution is 0.179. The minimum Gasteiger partial charge on any atom is -0.324 e. The third kappa shape index (κ3) is 2.41. The highest BCUT2D eigenvalue weighted by Crippen LogP contribution is 2.42. The molecular weight excluding hydrogens is 218 g/mol. The van der Waals surface area contributed by atoms with Gasteiger partial charge in [0, 0.05) is 6.04 Å². The van der Waals surface area contributed by atoms with Crippen LogP contribution in [0.2, 0.25) is 0 Å². The summed E-state index contributed by atoms with van der Waals surface area (Å²) in [5, 5.41) is 0. The molecule has 1 nitrogen and oxygen atoms in total. The second kappa shape index (κ2) is 4.77. The van der Waals surface area contributed by atoms with E-state index in [1.807, 2.05) is 0 Å². The number of hydrogen-bond acceptors (Lipinski definition) is 1. The number of rotatable bonds is 0. The van der Waals surface area contributed by atoms with Crippen molar-refractivity contribution in [1.29, 1.82) is 0 Å². The first-order chi connectivity index (χ1) is 7.00. The molecule has 2 heteroatoms. The average Bonchev–Trinajstić information content (AvgIpc) is 2.16. The van der Waals surface area contributed by atoms with Gasteiger partial charge in [0.1, 0.15) is 0 Å². The van der Waals surface area contributed by atoms with E-state index in [4.69, 9.17) is 5.73 Å². The maximum Gasteiger partial charge on any atom is 0.0331 e. The van der Waals surface area contributed by atoms with Crippen LogP contribution < -0.4 is 5.73 Å². The molecule has 0 amide bonds. The highest BCUT2D eigenvalue weighted by Gasteiger charge is 2.34. The molecule has 1 aliphatic rings. The summed E-state index contributed by atoms with van der Waals surface area (Å²) in [6.45, 7) is 6.89. The molecule has 1 aromatic rings. The van der Waals surface area contributed by atoms with Crippen LogP contribution in [0.3, 0.4) is 0 Å². The highest BCUT2D eigenvalue weighted by molar-refractivity contribution is 5.85. The van der Waals surface area contributed by atoms with E-state index in [9.17, 15) is 0 Å². The zero-order valence-corrected chi connectivity index (χ0v) is 11.2. The summed E-state index contributed by atoms with van der Waals surface area (Å²) >= 11 is 0. The molecule has 0 bridgehead atoms. The van der Waals surface area contributed by atoms with Gasteiger partial charge in [-0.15, -0.1) is 12.4 Å². The van der Waals surface area contributed by atoms with E-state index in [0.29, 0.717) is 11.3 Å². The van der Waals surface area contributed by atoms with Crippen molar-refractivity contribution < 1.29 is 0 Å². The highest BCUT2D eigenvalue weighted by atomic mass is 35.5. The van der Waals surface area contributed by atoms with Crippen LogP contribution in [0.4, 0.5) is 0 Å². The Labute approximate surface area is 105 Å². The van der Waals surface area contributed by atoms with Gasteiger partial charge < -0.3 is 5.73 Å². The van der Waals surface area contributed by atoms with E-state index in [1.54, 1.807) is 0 Å². The Bertz CT molecular complexity index is 354. The fourth-order valence-corrected chi connectivity index (χ4v) is 2.77. The zero-order valence-electron chi connectivity index (χ0n) is 10.4. The lowest BCUT2D eigenvalue weighted by Gasteiger charge is -2.39. The first-order valence-corrected chi connectivity index (χ1v) is 5.83. The summed E-state index contributed by atoms with van der Waals surface area (Å²) in [4.78, 5) is 0. The SMILES string of the molecule is CC(C)(C)C1CCc2ccccc2C1N.Cl. The molecule has 0 fully saturated rings. The number of fused-ring (bicyclic) bond motifs is 1. The average molecular weight is 240 g/mol. The molecule has 0 radical (unpaired) electrons. The molecule has 90 valence electrons. The summed E-state index contributed by atoms with van der Waals surface area (Å²) in [7, 11) is 0. The molecule has 16 heavy (non-hydrogen) atoms. The first-order valence-electron chi connectivity index (χ1n) is 5.83. The van der Waals surface area contributed by atoms with Gasteiger partial charge in [-0.2, -0.15) is 0 Å². The van der Waals surface area contributed by atoms with Crippen molar-refractivity contribution in [2.24, 2.45) is 17.1 Å². The maximum absolute atomic E-state index is 6.38. The Balaban J connectivity index is 0.00000128. The monoisotopic (exact) mass is 239 g/mol. The van der Waals surface area contributed by atoms with Gasteiger partial charge in [-0.25, -0.2) is 0 Å². The van der Waals surface area contributed by atoms with Crippen molar-refractivity contribution in [2.45, 2.75) is 39.7 Å². The topological polar surface area (TPSA) is 26.0 Å². The van der Waals surface area contributed by atoms with Crippen LogP contribution >= 0.6 is 12.4 Å². The van der Waals surface area contributed by atoms with E-state index < -0.39 is 0 Å². The Morgan fingerprint density at radius 2 is 1.81 bits per heavy atom. The summed E-state index contributed by atoms with van der Waals surface area (Å²) in [5.74, 6) is 0.604. The van der Waals surface area contributed by atoms with Gasteiger partial charge in [0.2, 0.25) is 0 Å². The molecular formula is C14H22ClN. The van der Waals surface area contributed by atoms with Crippen molar-refractivity contribution in [2.75, 3.05) is 0 Å². The Morgan fingerprint density at radius 1 is 1.19 bits per heavy atom. The first kappa shape index (κ1) is 13.5. The van der Waals surface area contributed by atoms with Crippen molar-refractivity contribution in [3.8, 4) is 0 Å². The van der Waals surface area contributed by atoms with Gasteiger partial charge in [0.25, 0.3) is 0 Å². The third-order valence-electron chi connectivity index (χ3n) is 3.68. The number of benzene rings is 1. The minimum absolute atomic E-state index is 0. The van der Waals surface area contributed by atoms with E-state index in [2.05, 4.69) is 45.0 Å². The van der Waals surface area contributed by atoms with Crippen LogP contribution in [-0.2, 0) is 6.42 Å². The molecule has 1 aliphatic carbocycles. The Morgan fingerprint density at radius 3 is 2.44 bits per heavy atom. The van der Waals surface area contributed by atoms with Gasteiger partial charge in [0.05, 0.1) is 0 Å². The van der Waals surface area contributed by atoms with E-state index in [1.165, 1.54) is 24.0 Å². The summed E-state index contributed by atoms with van der Waals surface area (Å²) in [6, 6.07) is 8.84. The Hall–Kier alpha value is -0.530. The standard InChI is InChI=1S/C14H21N.ClH/c1-14(2,3)12-9-8-10-6-4-5-7-11(10)13(12)15;/h4-7,12-13H,8-9,15H2,1-3H3;1H. The minimum atomic E-state index is 0. The number of nitrogens with two attached hydrogens (primary N) is 1. The van der Waals surface area contributed by atoms with Gasteiger partial charge in [-0.3, -0.25) is 0 Å². The van der Waals surface area contributed by atoms with E-state index >= 15 is 0 Å². The quantitative estimate of drug-likeness (QED) is 0.734. The van der Waals surface area contributed by atoms with Crippen molar-refractivity contribution in [1.82, 2.24) is 0 Å². The molecule has 1 aromatic carbocycles. The second-order valence-electron chi connectivity index (χ2n) is 5.74. The lowest BCUT2D eigenvalue weighted by Crippen LogP contribution is -2.35. The van der Waals surface area contributed by atoms with Gasteiger partial charge in [-0.1, -0.05) is 45.0 Å². The maximum atomic E-state index is 6.38. The van der Waals surface area contributed by atoms with Crippen LogP contribution in [0.15, 0.2) is 24.3 Å². The van der Waals surface area contributed by atoms with Crippen LogP contribution in [0, 0.1) is 11.3 Å². The van der Waals surface area contributed by atoms with Crippen LogP contribution in [0.1, 0.15) is 44.4 Å². The number of halogens is 1. The van der Waals surface area contributed by atoms with Gasteiger partial charge >= 0.3 is 0 Å². The largest absolute Gasteiger partial charge is 0.324 e. The van der Waals surface area contributed by atoms with E-state index in [-0.39, 0.29) is 18.4 Å².